The topological polar surface area (TPSA) is 84.5 Å². The van der Waals surface area contributed by atoms with Gasteiger partial charge in [-0.2, -0.15) is 0 Å². The van der Waals surface area contributed by atoms with Crippen molar-refractivity contribution in [2.45, 2.75) is 20.8 Å². The number of carbonyl (C=O) groups is 3. The Kier molecular flexibility index (Phi) is 6.00. The van der Waals surface area contributed by atoms with Gasteiger partial charge >= 0.3 is 17.8 Å². The minimum atomic E-state index is -0.895. The summed E-state index contributed by atoms with van der Waals surface area (Å²) in [6, 6.07) is 8.08. The predicted octanol–water partition coefficient (Wildman–Crippen LogP) is 3.63. The Hall–Kier alpha value is -2.86. The molecular formula is C19H19ClN2O4. The van der Waals surface area contributed by atoms with Crippen molar-refractivity contribution in [2.75, 3.05) is 17.7 Å². The predicted molar refractivity (Wildman–Crippen MR) is 101 cm³/mol. The van der Waals surface area contributed by atoms with Gasteiger partial charge in [0.15, 0.2) is 0 Å². The van der Waals surface area contributed by atoms with Crippen LogP contribution in [0.25, 0.3) is 0 Å². The molecule has 0 unspecified atom stereocenters. The lowest BCUT2D eigenvalue weighted by Gasteiger charge is -2.13. The molecule has 0 radical (unpaired) electrons. The zero-order valence-electron chi connectivity index (χ0n) is 14.9. The number of esters is 1. The van der Waals surface area contributed by atoms with Crippen LogP contribution in [0.1, 0.15) is 27.0 Å². The van der Waals surface area contributed by atoms with Crippen LogP contribution in [0, 0.1) is 20.8 Å². The summed E-state index contributed by atoms with van der Waals surface area (Å²) in [5.74, 6) is -2.31. The maximum Gasteiger partial charge on any atom is 0.337 e. The van der Waals surface area contributed by atoms with Gasteiger partial charge in [-0.1, -0.05) is 29.3 Å². The van der Waals surface area contributed by atoms with Gasteiger partial charge in [0.25, 0.3) is 0 Å². The van der Waals surface area contributed by atoms with Gasteiger partial charge in [0, 0.05) is 5.69 Å². The second kappa shape index (κ2) is 8.01. The molecule has 0 saturated carbocycles. The van der Waals surface area contributed by atoms with Gasteiger partial charge in [-0.15, -0.1) is 0 Å². The normalized spacial score (nSPS) is 10.2. The average Bonchev–Trinajstić information content (AvgIpc) is 2.58. The second-order valence-corrected chi connectivity index (χ2v) is 6.28. The van der Waals surface area contributed by atoms with Crippen LogP contribution in [0.2, 0.25) is 5.02 Å². The zero-order chi connectivity index (χ0) is 19.4. The molecule has 0 fully saturated rings. The summed E-state index contributed by atoms with van der Waals surface area (Å²) in [5, 5.41) is 5.21. The highest BCUT2D eigenvalue weighted by molar-refractivity contribution is 6.45. The number of nitrogens with one attached hydrogen (secondary N) is 2. The molecule has 2 rings (SSSR count). The Morgan fingerprint density at radius 2 is 1.50 bits per heavy atom. The van der Waals surface area contributed by atoms with E-state index in [1.807, 2.05) is 32.9 Å². The lowest BCUT2D eigenvalue weighted by atomic mass is 10.1. The molecule has 7 heteroatoms. The number of carbonyl (C=O) groups excluding carboxylic acids is 3. The first-order valence-electron chi connectivity index (χ1n) is 7.81. The molecule has 0 bridgehead atoms. The van der Waals surface area contributed by atoms with Gasteiger partial charge in [-0.05, 0) is 50.1 Å². The van der Waals surface area contributed by atoms with Crippen LogP contribution < -0.4 is 10.6 Å². The first kappa shape index (κ1) is 19.5. The first-order chi connectivity index (χ1) is 12.2. The van der Waals surface area contributed by atoms with E-state index >= 15 is 0 Å². The third-order valence-corrected chi connectivity index (χ3v) is 4.09. The third-order valence-electron chi connectivity index (χ3n) is 3.76. The van der Waals surface area contributed by atoms with Crippen molar-refractivity contribution in [3.8, 4) is 0 Å². The van der Waals surface area contributed by atoms with E-state index in [0.29, 0.717) is 5.69 Å². The van der Waals surface area contributed by atoms with E-state index in [9.17, 15) is 14.4 Å². The molecule has 0 aromatic heterocycles. The number of hydrogen-bond acceptors (Lipinski definition) is 4. The fourth-order valence-electron chi connectivity index (χ4n) is 2.59. The van der Waals surface area contributed by atoms with Crippen LogP contribution >= 0.6 is 11.6 Å². The molecule has 26 heavy (non-hydrogen) atoms. The van der Waals surface area contributed by atoms with E-state index in [1.165, 1.54) is 25.3 Å². The molecule has 0 heterocycles. The number of hydrogen-bond donors (Lipinski definition) is 2. The maximum absolute atomic E-state index is 12.2. The summed E-state index contributed by atoms with van der Waals surface area (Å²) in [7, 11) is 1.24. The van der Waals surface area contributed by atoms with E-state index in [4.69, 9.17) is 11.6 Å². The molecule has 0 aliphatic rings. The number of methoxy groups -OCH3 is 1. The van der Waals surface area contributed by atoms with Gasteiger partial charge in [0.1, 0.15) is 0 Å². The van der Waals surface area contributed by atoms with Gasteiger partial charge in [0.2, 0.25) is 0 Å². The summed E-state index contributed by atoms with van der Waals surface area (Å²) in [4.78, 5) is 36.0. The van der Waals surface area contributed by atoms with Crippen LogP contribution in [-0.4, -0.2) is 24.9 Å². The average molecular weight is 375 g/mol. The number of benzene rings is 2. The molecular weight excluding hydrogens is 356 g/mol. The van der Waals surface area contributed by atoms with Crippen molar-refractivity contribution in [2.24, 2.45) is 0 Å². The fraction of sp³-hybridized carbons (Fsp3) is 0.211. The van der Waals surface area contributed by atoms with Gasteiger partial charge < -0.3 is 15.4 Å². The van der Waals surface area contributed by atoms with Crippen molar-refractivity contribution in [1.29, 1.82) is 0 Å². The fourth-order valence-corrected chi connectivity index (χ4v) is 2.76. The highest BCUT2D eigenvalue weighted by Gasteiger charge is 2.18. The number of rotatable bonds is 3. The monoisotopic (exact) mass is 374 g/mol. The lowest BCUT2D eigenvalue weighted by molar-refractivity contribution is -0.133. The lowest BCUT2D eigenvalue weighted by Crippen LogP contribution is -2.29. The Labute approximate surface area is 156 Å². The van der Waals surface area contributed by atoms with Gasteiger partial charge in [0.05, 0.1) is 23.4 Å². The van der Waals surface area contributed by atoms with Crippen LogP contribution in [0.4, 0.5) is 11.4 Å². The molecule has 2 amide bonds. The van der Waals surface area contributed by atoms with Crippen molar-refractivity contribution in [3.05, 3.63) is 57.6 Å². The molecule has 0 spiro atoms. The Bertz CT molecular complexity index is 870. The summed E-state index contributed by atoms with van der Waals surface area (Å²) < 4.78 is 4.62. The number of amides is 2. The molecule has 0 atom stereocenters. The summed E-state index contributed by atoms with van der Waals surface area (Å²) in [5.41, 5.74) is 3.72. The quantitative estimate of drug-likeness (QED) is 0.634. The maximum atomic E-state index is 12.2. The number of aryl methyl sites for hydroxylation is 3. The minimum absolute atomic E-state index is 0.145. The minimum Gasteiger partial charge on any atom is -0.465 e. The molecule has 6 nitrogen and oxygen atoms in total. The SMILES string of the molecule is COC(=O)c1ccc(Cl)c(NC(=O)C(=O)Nc2c(C)cc(C)cc2C)c1. The number of halogens is 1. The second-order valence-electron chi connectivity index (χ2n) is 5.87. The van der Waals surface area contributed by atoms with E-state index in [2.05, 4.69) is 15.4 Å². The summed E-state index contributed by atoms with van der Waals surface area (Å²) in [6.07, 6.45) is 0. The van der Waals surface area contributed by atoms with Gasteiger partial charge in [-0.25, -0.2) is 4.79 Å². The standard InChI is InChI=1S/C19H19ClN2O4/c1-10-7-11(2)16(12(3)8-10)22-18(24)17(23)21-15-9-13(19(25)26-4)5-6-14(15)20/h5-9H,1-4H3,(H,21,23)(H,22,24). The third kappa shape index (κ3) is 4.40. The molecule has 0 aliphatic carbocycles. The highest BCUT2D eigenvalue weighted by Crippen LogP contribution is 2.24. The summed E-state index contributed by atoms with van der Waals surface area (Å²) in [6.45, 7) is 5.66. The molecule has 136 valence electrons. The Balaban J connectivity index is 2.18. The molecule has 0 saturated heterocycles. The van der Waals surface area contributed by atoms with Crippen LogP contribution in [0.5, 0.6) is 0 Å². The van der Waals surface area contributed by atoms with E-state index < -0.39 is 17.8 Å². The van der Waals surface area contributed by atoms with Gasteiger partial charge in [-0.3, -0.25) is 9.59 Å². The Morgan fingerprint density at radius 3 is 2.08 bits per heavy atom. The van der Waals surface area contributed by atoms with E-state index in [0.717, 1.165) is 16.7 Å². The molecule has 2 N–H and O–H groups in total. The van der Waals surface area contributed by atoms with Crippen LogP contribution in [-0.2, 0) is 14.3 Å². The highest BCUT2D eigenvalue weighted by atomic mass is 35.5. The molecule has 2 aromatic carbocycles. The van der Waals surface area contributed by atoms with E-state index in [1.54, 1.807) is 0 Å². The van der Waals surface area contributed by atoms with Crippen LogP contribution in [0.15, 0.2) is 30.3 Å². The summed E-state index contributed by atoms with van der Waals surface area (Å²) >= 11 is 6.02. The first-order valence-corrected chi connectivity index (χ1v) is 8.18. The van der Waals surface area contributed by atoms with Crippen LogP contribution in [0.3, 0.4) is 0 Å². The van der Waals surface area contributed by atoms with Crippen molar-refractivity contribution in [1.82, 2.24) is 0 Å². The molecule has 0 aliphatic heterocycles. The van der Waals surface area contributed by atoms with Crippen molar-refractivity contribution in [3.63, 3.8) is 0 Å². The van der Waals surface area contributed by atoms with Crippen molar-refractivity contribution >= 4 is 40.8 Å². The van der Waals surface area contributed by atoms with Crippen molar-refractivity contribution < 1.29 is 19.1 Å². The zero-order valence-corrected chi connectivity index (χ0v) is 15.7. The van der Waals surface area contributed by atoms with E-state index in [-0.39, 0.29) is 16.3 Å². The molecule has 2 aromatic rings. The number of anilines is 2. The smallest absolute Gasteiger partial charge is 0.337 e. The number of ether oxygens (including phenoxy) is 1. The Morgan fingerprint density at radius 1 is 0.923 bits per heavy atom. The largest absolute Gasteiger partial charge is 0.465 e.